The lowest BCUT2D eigenvalue weighted by Gasteiger charge is -2.35. The molecule has 3 heterocycles. The molecule has 0 radical (unpaired) electrons. The van der Waals surface area contributed by atoms with Gasteiger partial charge in [0.2, 0.25) is 0 Å². The first-order chi connectivity index (χ1) is 8.93. The molecule has 94 valence electrons. The predicted octanol–water partition coefficient (Wildman–Crippen LogP) is 1.22. The number of rotatable bonds is 3. The minimum atomic E-state index is 0.374. The molecule has 1 aliphatic rings. The van der Waals surface area contributed by atoms with Crippen LogP contribution in [0.1, 0.15) is 17.3 Å². The molecular weight excluding hydrogens is 228 g/mol. The highest BCUT2D eigenvalue weighted by molar-refractivity contribution is 5.16. The molecule has 5 heteroatoms. The van der Waals surface area contributed by atoms with E-state index in [0.29, 0.717) is 6.04 Å². The van der Waals surface area contributed by atoms with Crippen molar-refractivity contribution in [3.05, 3.63) is 48.4 Å². The third kappa shape index (κ3) is 2.42. The summed E-state index contributed by atoms with van der Waals surface area (Å²) in [5, 5.41) is 3.44. The summed E-state index contributed by atoms with van der Waals surface area (Å²) in [6, 6.07) is 4.53. The van der Waals surface area contributed by atoms with Crippen molar-refractivity contribution >= 4 is 0 Å². The normalized spacial score (nSPS) is 21.0. The van der Waals surface area contributed by atoms with Gasteiger partial charge in [-0.3, -0.25) is 9.88 Å². The molecule has 0 spiro atoms. The minimum absolute atomic E-state index is 0.374. The molecule has 5 nitrogen and oxygen atoms in total. The quantitative estimate of drug-likeness (QED) is 0.879. The molecule has 1 unspecified atom stereocenters. The third-order valence-corrected chi connectivity index (χ3v) is 3.29. The zero-order valence-electron chi connectivity index (χ0n) is 10.1. The number of hydrogen-bond donors (Lipinski definition) is 1. The van der Waals surface area contributed by atoms with E-state index >= 15 is 0 Å². The fourth-order valence-corrected chi connectivity index (χ4v) is 2.37. The molecule has 18 heavy (non-hydrogen) atoms. The number of aromatic nitrogens is 2. The van der Waals surface area contributed by atoms with Crippen molar-refractivity contribution in [2.75, 3.05) is 19.6 Å². The van der Waals surface area contributed by atoms with Gasteiger partial charge in [-0.1, -0.05) is 0 Å². The number of hydrogen-bond acceptors (Lipinski definition) is 5. The largest absolute Gasteiger partial charge is 0.451 e. The van der Waals surface area contributed by atoms with Gasteiger partial charge in [-0.2, -0.15) is 0 Å². The average molecular weight is 244 g/mol. The first kappa shape index (κ1) is 11.4. The molecule has 0 amide bonds. The second kappa shape index (κ2) is 5.29. The summed E-state index contributed by atoms with van der Waals surface area (Å²) in [6.07, 6.45) is 6.89. The first-order valence-corrected chi connectivity index (χ1v) is 6.15. The van der Waals surface area contributed by atoms with Crippen LogP contribution >= 0.6 is 0 Å². The van der Waals surface area contributed by atoms with Crippen molar-refractivity contribution in [3.8, 4) is 0 Å². The zero-order valence-corrected chi connectivity index (χ0v) is 10.1. The predicted molar refractivity (Wildman–Crippen MR) is 66.8 cm³/mol. The summed E-state index contributed by atoms with van der Waals surface area (Å²) in [4.78, 5) is 10.7. The van der Waals surface area contributed by atoms with E-state index in [0.717, 1.165) is 31.9 Å². The molecule has 1 aliphatic heterocycles. The van der Waals surface area contributed by atoms with Gasteiger partial charge in [0.05, 0.1) is 5.69 Å². The van der Waals surface area contributed by atoms with Gasteiger partial charge >= 0.3 is 0 Å². The maximum absolute atomic E-state index is 5.03. The van der Waals surface area contributed by atoms with E-state index in [4.69, 9.17) is 4.42 Å². The molecule has 0 aromatic carbocycles. The van der Waals surface area contributed by atoms with Gasteiger partial charge in [0.15, 0.2) is 6.39 Å². The minimum Gasteiger partial charge on any atom is -0.451 e. The van der Waals surface area contributed by atoms with Crippen molar-refractivity contribution in [1.29, 1.82) is 0 Å². The van der Waals surface area contributed by atoms with Gasteiger partial charge in [0.25, 0.3) is 0 Å². The van der Waals surface area contributed by atoms with E-state index in [1.165, 1.54) is 12.0 Å². The topological polar surface area (TPSA) is 54.2 Å². The van der Waals surface area contributed by atoms with Crippen LogP contribution in [0, 0.1) is 0 Å². The molecule has 0 aliphatic carbocycles. The van der Waals surface area contributed by atoms with E-state index in [1.54, 1.807) is 6.26 Å². The van der Waals surface area contributed by atoms with Gasteiger partial charge in [-0.25, -0.2) is 4.98 Å². The molecule has 2 aromatic heterocycles. The Balaban J connectivity index is 1.78. The van der Waals surface area contributed by atoms with Crippen LogP contribution in [0.5, 0.6) is 0 Å². The highest BCUT2D eigenvalue weighted by Crippen LogP contribution is 2.23. The summed E-state index contributed by atoms with van der Waals surface area (Å²) in [6.45, 7) is 3.81. The van der Waals surface area contributed by atoms with E-state index in [9.17, 15) is 0 Å². The molecule has 3 rings (SSSR count). The lowest BCUT2D eigenvalue weighted by atomic mass is 10.0. The van der Waals surface area contributed by atoms with Crippen LogP contribution in [-0.4, -0.2) is 34.5 Å². The summed E-state index contributed by atoms with van der Waals surface area (Å²) in [5.41, 5.74) is 2.27. The Labute approximate surface area is 106 Å². The molecule has 2 aromatic rings. The lowest BCUT2D eigenvalue weighted by molar-refractivity contribution is 0.152. The fourth-order valence-electron chi connectivity index (χ4n) is 2.37. The Bertz CT molecular complexity index is 471. The second-order valence-corrected chi connectivity index (χ2v) is 4.45. The molecule has 1 fully saturated rings. The van der Waals surface area contributed by atoms with Gasteiger partial charge in [0, 0.05) is 44.6 Å². The highest BCUT2D eigenvalue weighted by atomic mass is 16.3. The third-order valence-electron chi connectivity index (χ3n) is 3.29. The van der Waals surface area contributed by atoms with Crippen molar-refractivity contribution < 1.29 is 4.42 Å². The maximum Gasteiger partial charge on any atom is 0.180 e. The van der Waals surface area contributed by atoms with E-state index in [2.05, 4.69) is 32.3 Å². The van der Waals surface area contributed by atoms with Crippen LogP contribution in [0.3, 0.4) is 0 Å². The smallest absolute Gasteiger partial charge is 0.180 e. The fraction of sp³-hybridized carbons (Fsp3) is 0.385. The Kier molecular flexibility index (Phi) is 3.34. The highest BCUT2D eigenvalue weighted by Gasteiger charge is 2.24. The van der Waals surface area contributed by atoms with Crippen LogP contribution in [-0.2, 0) is 6.54 Å². The van der Waals surface area contributed by atoms with Gasteiger partial charge < -0.3 is 9.73 Å². The molecular formula is C13H16N4O. The van der Waals surface area contributed by atoms with Crippen LogP contribution in [0.25, 0.3) is 0 Å². The molecule has 0 saturated carbocycles. The van der Waals surface area contributed by atoms with Gasteiger partial charge in [0.1, 0.15) is 6.26 Å². The lowest BCUT2D eigenvalue weighted by Crippen LogP contribution is -2.45. The summed E-state index contributed by atoms with van der Waals surface area (Å²) in [5.74, 6) is 0. The maximum atomic E-state index is 5.03. The Hall–Kier alpha value is -1.72. The van der Waals surface area contributed by atoms with E-state index < -0.39 is 0 Å². The number of nitrogens with zero attached hydrogens (tertiary/aromatic N) is 3. The van der Waals surface area contributed by atoms with Crippen molar-refractivity contribution in [1.82, 2.24) is 20.2 Å². The molecule has 0 bridgehead atoms. The Morgan fingerprint density at radius 3 is 3.06 bits per heavy atom. The monoisotopic (exact) mass is 244 g/mol. The van der Waals surface area contributed by atoms with Gasteiger partial charge in [-0.05, 0) is 17.7 Å². The van der Waals surface area contributed by atoms with Crippen molar-refractivity contribution in [2.24, 2.45) is 0 Å². The molecule has 1 atom stereocenters. The Morgan fingerprint density at radius 1 is 1.39 bits per heavy atom. The van der Waals surface area contributed by atoms with Crippen molar-refractivity contribution in [2.45, 2.75) is 12.6 Å². The molecule has 1 saturated heterocycles. The number of pyridine rings is 1. The standard InChI is InChI=1S/C13H16N4O/c1-3-14-4-2-11(1)13-7-15-5-6-17(13)8-12-9-18-10-16-12/h1-4,9-10,13,15H,5-8H2. The van der Waals surface area contributed by atoms with Crippen LogP contribution in [0.2, 0.25) is 0 Å². The Morgan fingerprint density at radius 2 is 2.28 bits per heavy atom. The van der Waals surface area contributed by atoms with E-state index in [-0.39, 0.29) is 0 Å². The molecule has 1 N–H and O–H groups in total. The first-order valence-electron chi connectivity index (χ1n) is 6.15. The average Bonchev–Trinajstić information content (AvgIpc) is 2.93. The number of oxazole rings is 1. The summed E-state index contributed by atoms with van der Waals surface area (Å²) >= 11 is 0. The number of nitrogens with one attached hydrogen (secondary N) is 1. The van der Waals surface area contributed by atoms with Crippen LogP contribution in [0.15, 0.2) is 41.6 Å². The summed E-state index contributed by atoms with van der Waals surface area (Å²) < 4.78 is 5.03. The summed E-state index contributed by atoms with van der Waals surface area (Å²) in [7, 11) is 0. The van der Waals surface area contributed by atoms with E-state index in [1.807, 2.05) is 12.4 Å². The van der Waals surface area contributed by atoms with Crippen molar-refractivity contribution in [3.63, 3.8) is 0 Å². The SMILES string of the molecule is c1cc(C2CNCCN2Cc2cocn2)ccn1. The van der Waals surface area contributed by atoms with Crippen LogP contribution < -0.4 is 5.32 Å². The zero-order chi connectivity index (χ0) is 12.2. The number of piperazine rings is 1. The van der Waals surface area contributed by atoms with Gasteiger partial charge in [-0.15, -0.1) is 0 Å². The second-order valence-electron chi connectivity index (χ2n) is 4.45. The van der Waals surface area contributed by atoms with Crippen LogP contribution in [0.4, 0.5) is 0 Å².